The van der Waals surface area contributed by atoms with E-state index >= 15 is 0 Å². The van der Waals surface area contributed by atoms with Crippen LogP contribution in [0.1, 0.15) is 30.8 Å². The van der Waals surface area contributed by atoms with E-state index in [1.165, 1.54) is 4.70 Å². The Morgan fingerprint density at radius 3 is 2.66 bits per heavy atom. The standard InChI is InChI=1S/C23H27N3O2S/c1-16-13-26(14-17(2)28-16)15-18-7-3-4-8-19(18)24-22(27)11-12-23-25-20-9-5-6-10-21(20)29-23/h3-10,16-17H,11-15H2,1-2H3,(H,24,27). The Balaban J connectivity index is 1.36. The van der Waals surface area contributed by atoms with Gasteiger partial charge >= 0.3 is 0 Å². The number of aryl methyl sites for hydroxylation is 1. The van der Waals surface area contributed by atoms with Crippen LogP contribution in [-0.2, 0) is 22.5 Å². The quantitative estimate of drug-likeness (QED) is 0.652. The number of ether oxygens (including phenoxy) is 1. The van der Waals surface area contributed by atoms with Gasteiger partial charge < -0.3 is 10.1 Å². The van der Waals surface area contributed by atoms with Crippen molar-refractivity contribution in [3.8, 4) is 0 Å². The summed E-state index contributed by atoms with van der Waals surface area (Å²) in [5, 5.41) is 4.11. The maximum atomic E-state index is 12.6. The van der Waals surface area contributed by atoms with Crippen LogP contribution >= 0.6 is 11.3 Å². The van der Waals surface area contributed by atoms with Crippen LogP contribution in [0.2, 0.25) is 0 Å². The van der Waals surface area contributed by atoms with Crippen LogP contribution in [0.25, 0.3) is 10.2 Å². The zero-order valence-electron chi connectivity index (χ0n) is 16.9. The minimum absolute atomic E-state index is 0.0282. The lowest BCUT2D eigenvalue weighted by Crippen LogP contribution is -2.44. The molecular weight excluding hydrogens is 382 g/mol. The Morgan fingerprint density at radius 1 is 1.14 bits per heavy atom. The summed E-state index contributed by atoms with van der Waals surface area (Å²) in [6.07, 6.45) is 1.55. The van der Waals surface area contributed by atoms with Gasteiger partial charge in [-0.3, -0.25) is 9.69 Å². The van der Waals surface area contributed by atoms with E-state index in [4.69, 9.17) is 4.74 Å². The van der Waals surface area contributed by atoms with Crippen molar-refractivity contribution in [1.82, 2.24) is 9.88 Å². The van der Waals surface area contributed by atoms with E-state index < -0.39 is 0 Å². The number of rotatable bonds is 6. The summed E-state index contributed by atoms with van der Waals surface area (Å²) in [7, 11) is 0. The summed E-state index contributed by atoms with van der Waals surface area (Å²) in [4.78, 5) is 19.6. The molecule has 1 amide bonds. The molecule has 0 radical (unpaired) electrons. The predicted molar refractivity (Wildman–Crippen MR) is 118 cm³/mol. The number of hydrogen-bond acceptors (Lipinski definition) is 5. The van der Waals surface area contributed by atoms with Gasteiger partial charge in [0, 0.05) is 38.2 Å². The molecular formula is C23H27N3O2S. The number of nitrogens with one attached hydrogen (secondary N) is 1. The van der Waals surface area contributed by atoms with Gasteiger partial charge in [0.1, 0.15) is 0 Å². The molecule has 152 valence electrons. The van der Waals surface area contributed by atoms with Crippen LogP contribution in [0.4, 0.5) is 5.69 Å². The Morgan fingerprint density at radius 2 is 1.86 bits per heavy atom. The molecule has 2 aromatic carbocycles. The third kappa shape index (κ3) is 5.21. The van der Waals surface area contributed by atoms with Gasteiger partial charge in [-0.25, -0.2) is 4.98 Å². The van der Waals surface area contributed by atoms with Crippen LogP contribution in [0.3, 0.4) is 0 Å². The second-order valence-electron chi connectivity index (χ2n) is 7.73. The molecule has 29 heavy (non-hydrogen) atoms. The SMILES string of the molecule is CC1CN(Cc2ccccc2NC(=O)CCc2nc3ccccc3s2)CC(C)O1. The summed E-state index contributed by atoms with van der Waals surface area (Å²) in [5.41, 5.74) is 3.04. The molecule has 0 bridgehead atoms. The molecule has 2 atom stereocenters. The first kappa shape index (κ1) is 20.0. The largest absolute Gasteiger partial charge is 0.373 e. The Hall–Kier alpha value is -2.28. The smallest absolute Gasteiger partial charge is 0.224 e. The van der Waals surface area contributed by atoms with Crippen LogP contribution < -0.4 is 5.32 Å². The zero-order chi connectivity index (χ0) is 20.2. The van der Waals surface area contributed by atoms with Crippen molar-refractivity contribution in [1.29, 1.82) is 0 Å². The van der Waals surface area contributed by atoms with Gasteiger partial charge in [0.15, 0.2) is 0 Å². The second kappa shape index (κ2) is 9.03. The topological polar surface area (TPSA) is 54.5 Å². The van der Waals surface area contributed by atoms with Crippen LogP contribution in [0.5, 0.6) is 0 Å². The molecule has 2 unspecified atom stereocenters. The molecule has 1 aromatic heterocycles. The molecule has 0 saturated carbocycles. The molecule has 1 saturated heterocycles. The van der Waals surface area contributed by atoms with E-state index in [1.54, 1.807) is 11.3 Å². The Bertz CT molecular complexity index is 944. The lowest BCUT2D eigenvalue weighted by Gasteiger charge is -2.35. The molecule has 0 spiro atoms. The first-order valence-corrected chi connectivity index (χ1v) is 11.0. The molecule has 4 rings (SSSR count). The van der Waals surface area contributed by atoms with Gasteiger partial charge in [0.2, 0.25) is 5.91 Å². The van der Waals surface area contributed by atoms with Gasteiger partial charge in [-0.05, 0) is 37.6 Å². The molecule has 3 aromatic rings. The second-order valence-corrected chi connectivity index (χ2v) is 8.85. The summed E-state index contributed by atoms with van der Waals surface area (Å²) in [5.74, 6) is 0.0282. The van der Waals surface area contributed by atoms with Crippen LogP contribution in [0.15, 0.2) is 48.5 Å². The number of benzene rings is 2. The minimum atomic E-state index is 0.0282. The highest BCUT2D eigenvalue weighted by Crippen LogP contribution is 2.23. The normalized spacial score (nSPS) is 20.1. The highest BCUT2D eigenvalue weighted by Gasteiger charge is 2.22. The number of para-hydroxylation sites is 2. The average Bonchev–Trinajstić information content (AvgIpc) is 3.10. The van der Waals surface area contributed by atoms with Crippen molar-refractivity contribution in [2.45, 2.75) is 45.4 Å². The number of nitrogens with zero attached hydrogens (tertiary/aromatic N) is 2. The summed E-state index contributed by atoms with van der Waals surface area (Å²) >= 11 is 1.66. The fourth-order valence-electron chi connectivity index (χ4n) is 3.89. The molecule has 2 heterocycles. The number of carbonyl (C=O) groups is 1. The molecule has 1 N–H and O–H groups in total. The van der Waals surface area contributed by atoms with Crippen molar-refractivity contribution in [2.24, 2.45) is 0 Å². The van der Waals surface area contributed by atoms with Gasteiger partial charge in [-0.1, -0.05) is 30.3 Å². The maximum Gasteiger partial charge on any atom is 0.224 e. The number of carbonyl (C=O) groups excluding carboxylic acids is 1. The van der Waals surface area contributed by atoms with Gasteiger partial charge in [-0.2, -0.15) is 0 Å². The van der Waals surface area contributed by atoms with Crippen molar-refractivity contribution in [3.05, 3.63) is 59.1 Å². The van der Waals surface area contributed by atoms with Crippen LogP contribution in [0, 0.1) is 0 Å². The average molecular weight is 410 g/mol. The number of thiazole rings is 1. The number of fused-ring (bicyclic) bond motifs is 1. The van der Waals surface area contributed by atoms with E-state index in [1.807, 2.05) is 36.4 Å². The zero-order valence-corrected chi connectivity index (χ0v) is 17.7. The lowest BCUT2D eigenvalue weighted by atomic mass is 10.1. The minimum Gasteiger partial charge on any atom is -0.373 e. The Labute approximate surface area is 175 Å². The van der Waals surface area contributed by atoms with Crippen molar-refractivity contribution in [3.63, 3.8) is 0 Å². The fourth-order valence-corrected chi connectivity index (χ4v) is 4.86. The molecule has 5 nitrogen and oxygen atoms in total. The number of hydrogen-bond donors (Lipinski definition) is 1. The maximum absolute atomic E-state index is 12.6. The first-order chi connectivity index (χ1) is 14.1. The summed E-state index contributed by atoms with van der Waals surface area (Å²) in [6.45, 7) is 6.84. The number of anilines is 1. The van der Waals surface area contributed by atoms with E-state index in [9.17, 15) is 4.79 Å². The lowest BCUT2D eigenvalue weighted by molar-refractivity contribution is -0.116. The molecule has 6 heteroatoms. The van der Waals surface area contributed by atoms with E-state index in [2.05, 4.69) is 41.2 Å². The van der Waals surface area contributed by atoms with Crippen molar-refractivity contribution < 1.29 is 9.53 Å². The first-order valence-electron chi connectivity index (χ1n) is 10.2. The van der Waals surface area contributed by atoms with Gasteiger partial charge in [-0.15, -0.1) is 11.3 Å². The number of amides is 1. The summed E-state index contributed by atoms with van der Waals surface area (Å²) in [6, 6.07) is 16.2. The van der Waals surface area contributed by atoms with Crippen molar-refractivity contribution in [2.75, 3.05) is 18.4 Å². The molecule has 1 aliphatic rings. The number of aromatic nitrogens is 1. The Kier molecular flexibility index (Phi) is 6.23. The monoisotopic (exact) mass is 409 g/mol. The van der Waals surface area contributed by atoms with Gasteiger partial charge in [0.05, 0.1) is 27.4 Å². The van der Waals surface area contributed by atoms with Crippen molar-refractivity contribution >= 4 is 33.1 Å². The molecule has 0 aliphatic carbocycles. The number of morpholine rings is 1. The molecule has 1 fully saturated rings. The highest BCUT2D eigenvalue weighted by atomic mass is 32.1. The van der Waals surface area contributed by atoms with Crippen LogP contribution in [-0.4, -0.2) is 41.1 Å². The van der Waals surface area contributed by atoms with E-state index in [-0.39, 0.29) is 18.1 Å². The molecule has 1 aliphatic heterocycles. The summed E-state index contributed by atoms with van der Waals surface area (Å²) < 4.78 is 7.00. The van der Waals surface area contributed by atoms with E-state index in [0.717, 1.165) is 41.4 Å². The third-order valence-electron chi connectivity index (χ3n) is 5.08. The predicted octanol–water partition coefficient (Wildman–Crippen LogP) is 4.48. The van der Waals surface area contributed by atoms with E-state index in [0.29, 0.717) is 12.8 Å². The fraction of sp³-hybridized carbons (Fsp3) is 0.391. The van der Waals surface area contributed by atoms with Gasteiger partial charge in [0.25, 0.3) is 0 Å². The third-order valence-corrected chi connectivity index (χ3v) is 6.18. The highest BCUT2D eigenvalue weighted by molar-refractivity contribution is 7.18.